The summed E-state index contributed by atoms with van der Waals surface area (Å²) in [6, 6.07) is 12.8. The normalized spacial score (nSPS) is 11.8. The Bertz CT molecular complexity index is 521. The van der Waals surface area contributed by atoms with Crippen molar-refractivity contribution >= 4 is 10.8 Å². The van der Waals surface area contributed by atoms with Crippen molar-refractivity contribution < 1.29 is 4.74 Å². The molecule has 0 atom stereocenters. The van der Waals surface area contributed by atoms with Crippen LogP contribution in [0.25, 0.3) is 10.8 Å². The van der Waals surface area contributed by atoms with Crippen LogP contribution in [0.4, 0.5) is 0 Å². The largest absolute Gasteiger partial charge is 0.496 e. The molecular formula is C16H20O. The summed E-state index contributed by atoms with van der Waals surface area (Å²) in [5.41, 5.74) is 1.56. The van der Waals surface area contributed by atoms with Crippen LogP contribution in [0, 0.1) is 5.41 Å². The highest BCUT2D eigenvalue weighted by molar-refractivity contribution is 5.85. The molecule has 1 heteroatoms. The van der Waals surface area contributed by atoms with Crippen LogP contribution in [0.2, 0.25) is 0 Å². The highest BCUT2D eigenvalue weighted by Crippen LogP contribution is 2.31. The van der Waals surface area contributed by atoms with Crippen LogP contribution in [0.3, 0.4) is 0 Å². The molecule has 0 spiro atoms. The zero-order chi connectivity index (χ0) is 12.5. The predicted octanol–water partition coefficient (Wildman–Crippen LogP) is 4.44. The summed E-state index contributed by atoms with van der Waals surface area (Å²) < 4.78 is 5.50. The van der Waals surface area contributed by atoms with Crippen molar-refractivity contribution in [2.24, 2.45) is 5.41 Å². The third-order valence-corrected chi connectivity index (χ3v) is 2.87. The van der Waals surface area contributed by atoms with Gasteiger partial charge in [-0.25, -0.2) is 0 Å². The smallest absolute Gasteiger partial charge is 0.122 e. The Balaban J connectivity index is 2.53. The van der Waals surface area contributed by atoms with E-state index >= 15 is 0 Å². The van der Waals surface area contributed by atoms with Gasteiger partial charge in [0.2, 0.25) is 0 Å². The van der Waals surface area contributed by atoms with Crippen molar-refractivity contribution in [3.63, 3.8) is 0 Å². The summed E-state index contributed by atoms with van der Waals surface area (Å²) in [6.07, 6.45) is 1.03. The van der Waals surface area contributed by atoms with Crippen molar-refractivity contribution in [1.29, 1.82) is 0 Å². The van der Waals surface area contributed by atoms with Gasteiger partial charge in [-0.15, -0.1) is 0 Å². The standard InChI is InChI=1S/C16H20O/c1-16(2,3)11-14-9-12-7-5-6-8-13(12)10-15(14)17-4/h5-10H,11H2,1-4H3. The molecule has 2 aromatic rings. The van der Waals surface area contributed by atoms with Gasteiger partial charge in [-0.2, -0.15) is 0 Å². The van der Waals surface area contributed by atoms with Crippen LogP contribution in [0.15, 0.2) is 36.4 Å². The molecule has 0 saturated heterocycles. The third kappa shape index (κ3) is 2.79. The monoisotopic (exact) mass is 228 g/mol. The highest BCUT2D eigenvalue weighted by atomic mass is 16.5. The van der Waals surface area contributed by atoms with Gasteiger partial charge in [-0.3, -0.25) is 0 Å². The molecule has 0 saturated carbocycles. The van der Waals surface area contributed by atoms with E-state index in [1.54, 1.807) is 7.11 Å². The van der Waals surface area contributed by atoms with Crippen LogP contribution < -0.4 is 4.74 Å². The molecule has 0 aliphatic heterocycles. The third-order valence-electron chi connectivity index (χ3n) is 2.87. The van der Waals surface area contributed by atoms with Gasteiger partial charge in [0, 0.05) is 0 Å². The van der Waals surface area contributed by atoms with Crippen molar-refractivity contribution in [2.75, 3.05) is 7.11 Å². The molecule has 0 N–H and O–H groups in total. The molecule has 17 heavy (non-hydrogen) atoms. The number of benzene rings is 2. The molecular weight excluding hydrogens is 208 g/mol. The van der Waals surface area contributed by atoms with Gasteiger partial charge in [-0.05, 0) is 40.3 Å². The summed E-state index contributed by atoms with van der Waals surface area (Å²) in [4.78, 5) is 0. The molecule has 0 unspecified atom stereocenters. The van der Waals surface area contributed by atoms with Gasteiger partial charge in [0.05, 0.1) is 7.11 Å². The number of fused-ring (bicyclic) bond motifs is 1. The lowest BCUT2D eigenvalue weighted by atomic mass is 9.87. The van der Waals surface area contributed by atoms with E-state index in [0.29, 0.717) is 0 Å². The van der Waals surface area contributed by atoms with Gasteiger partial charge in [0.25, 0.3) is 0 Å². The molecule has 90 valence electrons. The molecule has 2 rings (SSSR count). The van der Waals surface area contributed by atoms with Crippen LogP contribution in [0.5, 0.6) is 5.75 Å². The van der Waals surface area contributed by atoms with E-state index in [9.17, 15) is 0 Å². The summed E-state index contributed by atoms with van der Waals surface area (Å²) >= 11 is 0. The average Bonchev–Trinajstić information content (AvgIpc) is 2.26. The lowest BCUT2D eigenvalue weighted by Crippen LogP contribution is -2.10. The number of hydrogen-bond acceptors (Lipinski definition) is 1. The zero-order valence-electron chi connectivity index (χ0n) is 11.1. The summed E-state index contributed by atoms with van der Waals surface area (Å²) in [7, 11) is 1.75. The SMILES string of the molecule is COc1cc2ccccc2cc1CC(C)(C)C. The first-order chi connectivity index (χ1) is 7.99. The highest BCUT2D eigenvalue weighted by Gasteiger charge is 2.15. The molecule has 0 aromatic heterocycles. The van der Waals surface area contributed by atoms with E-state index in [1.807, 2.05) is 0 Å². The molecule has 0 aliphatic rings. The first-order valence-electron chi connectivity index (χ1n) is 6.05. The Labute approximate surface area is 103 Å². The first kappa shape index (κ1) is 12.0. The number of hydrogen-bond donors (Lipinski definition) is 0. The minimum absolute atomic E-state index is 0.274. The van der Waals surface area contributed by atoms with Crippen molar-refractivity contribution in [3.05, 3.63) is 42.0 Å². The number of methoxy groups -OCH3 is 1. The van der Waals surface area contributed by atoms with Crippen LogP contribution in [0.1, 0.15) is 26.3 Å². The Morgan fingerprint density at radius 2 is 1.59 bits per heavy atom. The van der Waals surface area contributed by atoms with Gasteiger partial charge >= 0.3 is 0 Å². The van der Waals surface area contributed by atoms with Crippen molar-refractivity contribution in [3.8, 4) is 5.75 Å². The number of ether oxygens (including phenoxy) is 1. The average molecular weight is 228 g/mol. The Hall–Kier alpha value is -1.50. The molecule has 2 aromatic carbocycles. The van der Waals surface area contributed by atoms with Gasteiger partial charge in [0.15, 0.2) is 0 Å². The van der Waals surface area contributed by atoms with Crippen LogP contribution in [-0.4, -0.2) is 7.11 Å². The fourth-order valence-corrected chi connectivity index (χ4v) is 2.17. The van der Waals surface area contributed by atoms with Gasteiger partial charge in [0.1, 0.15) is 5.75 Å². The van der Waals surface area contributed by atoms with E-state index in [0.717, 1.165) is 12.2 Å². The van der Waals surface area contributed by atoms with Crippen molar-refractivity contribution in [2.45, 2.75) is 27.2 Å². The van der Waals surface area contributed by atoms with E-state index in [1.165, 1.54) is 16.3 Å². The Morgan fingerprint density at radius 3 is 2.12 bits per heavy atom. The Morgan fingerprint density at radius 1 is 1.00 bits per heavy atom. The molecule has 0 radical (unpaired) electrons. The number of rotatable bonds is 2. The van der Waals surface area contributed by atoms with Crippen molar-refractivity contribution in [1.82, 2.24) is 0 Å². The molecule has 1 nitrogen and oxygen atoms in total. The lowest BCUT2D eigenvalue weighted by Gasteiger charge is -2.20. The minimum atomic E-state index is 0.274. The maximum absolute atomic E-state index is 5.50. The maximum Gasteiger partial charge on any atom is 0.122 e. The second-order valence-electron chi connectivity index (χ2n) is 5.75. The molecule has 0 amide bonds. The maximum atomic E-state index is 5.50. The van der Waals surface area contributed by atoms with Crippen LogP contribution >= 0.6 is 0 Å². The topological polar surface area (TPSA) is 9.23 Å². The van der Waals surface area contributed by atoms with E-state index in [4.69, 9.17) is 4.74 Å². The second-order valence-corrected chi connectivity index (χ2v) is 5.75. The van der Waals surface area contributed by atoms with E-state index in [2.05, 4.69) is 57.2 Å². The summed E-state index contributed by atoms with van der Waals surface area (Å²) in [6.45, 7) is 6.75. The predicted molar refractivity (Wildman–Crippen MR) is 73.7 cm³/mol. The van der Waals surface area contributed by atoms with E-state index in [-0.39, 0.29) is 5.41 Å². The summed E-state index contributed by atoms with van der Waals surface area (Å²) in [5.74, 6) is 0.999. The molecule has 0 fully saturated rings. The molecule has 0 bridgehead atoms. The quantitative estimate of drug-likeness (QED) is 0.738. The van der Waals surface area contributed by atoms with Gasteiger partial charge < -0.3 is 4.74 Å². The van der Waals surface area contributed by atoms with E-state index < -0.39 is 0 Å². The Kier molecular flexibility index (Phi) is 3.10. The fraction of sp³-hybridized carbons (Fsp3) is 0.375. The molecule has 0 heterocycles. The minimum Gasteiger partial charge on any atom is -0.496 e. The first-order valence-corrected chi connectivity index (χ1v) is 6.05. The van der Waals surface area contributed by atoms with Gasteiger partial charge in [-0.1, -0.05) is 45.0 Å². The zero-order valence-corrected chi connectivity index (χ0v) is 11.1. The molecule has 0 aliphatic carbocycles. The fourth-order valence-electron chi connectivity index (χ4n) is 2.17. The second kappa shape index (κ2) is 4.40. The van der Waals surface area contributed by atoms with Crippen LogP contribution in [-0.2, 0) is 6.42 Å². The summed E-state index contributed by atoms with van der Waals surface area (Å²) in [5, 5.41) is 2.52. The lowest BCUT2D eigenvalue weighted by molar-refractivity contribution is 0.379.